The third kappa shape index (κ3) is 3.75. The second kappa shape index (κ2) is 7.65. The molecule has 0 radical (unpaired) electrons. The summed E-state index contributed by atoms with van der Waals surface area (Å²) in [4.78, 5) is 20.6. The van der Waals surface area contributed by atoms with Crippen LogP contribution in [0.1, 0.15) is 34.8 Å². The van der Waals surface area contributed by atoms with Crippen molar-refractivity contribution in [3.05, 3.63) is 47.5 Å². The fourth-order valence-corrected chi connectivity index (χ4v) is 3.05. The highest BCUT2D eigenvalue weighted by Crippen LogP contribution is 2.39. The maximum absolute atomic E-state index is 14.1. The van der Waals surface area contributed by atoms with Gasteiger partial charge in [-0.3, -0.25) is 4.79 Å². The van der Waals surface area contributed by atoms with Crippen molar-refractivity contribution >= 4 is 11.9 Å². The molecule has 0 saturated heterocycles. The number of rotatable bonds is 6. The Balaban J connectivity index is 1.82. The molecule has 0 unspecified atom stereocenters. The lowest BCUT2D eigenvalue weighted by molar-refractivity contribution is 0.0234. The van der Waals surface area contributed by atoms with Gasteiger partial charge in [0.15, 0.2) is 11.6 Å². The second-order valence-electron chi connectivity index (χ2n) is 6.28. The van der Waals surface area contributed by atoms with Crippen molar-refractivity contribution in [1.29, 1.82) is 0 Å². The molecule has 0 bridgehead atoms. The highest BCUT2D eigenvalue weighted by molar-refractivity contribution is 5.94. The Morgan fingerprint density at radius 1 is 1.35 bits per heavy atom. The van der Waals surface area contributed by atoms with E-state index in [2.05, 4.69) is 20.6 Å². The van der Waals surface area contributed by atoms with Gasteiger partial charge in [-0.25, -0.2) is 14.4 Å². The van der Waals surface area contributed by atoms with E-state index in [0.717, 1.165) is 0 Å². The quantitative estimate of drug-likeness (QED) is 0.728. The highest BCUT2D eigenvalue weighted by atomic mass is 19.1. The van der Waals surface area contributed by atoms with E-state index in [1.807, 2.05) is 0 Å². The molecule has 26 heavy (non-hydrogen) atoms. The second-order valence-corrected chi connectivity index (χ2v) is 6.28. The van der Waals surface area contributed by atoms with Crippen LogP contribution in [0.5, 0.6) is 5.75 Å². The Kier molecular flexibility index (Phi) is 5.32. The Morgan fingerprint density at radius 3 is 2.58 bits per heavy atom. The summed E-state index contributed by atoms with van der Waals surface area (Å²) in [6, 6.07) is 4.19. The molecule has 1 atom stereocenters. The first-order chi connectivity index (χ1) is 12.5. The monoisotopic (exact) mass is 360 g/mol. The summed E-state index contributed by atoms with van der Waals surface area (Å²) in [5.41, 5.74) is 0.934. The Hall–Kier alpha value is -2.74. The molecule has 1 fully saturated rings. The van der Waals surface area contributed by atoms with Crippen molar-refractivity contribution in [2.45, 2.75) is 25.0 Å². The molecular weight excluding hydrogens is 339 g/mol. The van der Waals surface area contributed by atoms with E-state index in [1.165, 1.54) is 31.6 Å². The molecule has 0 spiro atoms. The SMILES string of the molecule is CNc1ncc(C(=O)N[C@H](c2ccc(OC)c(F)c2)C2CC(O)C2)cn1. The van der Waals surface area contributed by atoms with E-state index in [4.69, 9.17) is 4.74 Å². The molecule has 7 nitrogen and oxygen atoms in total. The summed E-state index contributed by atoms with van der Waals surface area (Å²) in [5, 5.41) is 15.3. The van der Waals surface area contributed by atoms with Crippen LogP contribution < -0.4 is 15.4 Å². The van der Waals surface area contributed by atoms with Crippen molar-refractivity contribution < 1.29 is 19.0 Å². The number of amides is 1. The van der Waals surface area contributed by atoms with E-state index >= 15 is 0 Å². The number of aromatic nitrogens is 2. The number of hydrogen-bond acceptors (Lipinski definition) is 6. The minimum atomic E-state index is -0.495. The molecule has 1 heterocycles. The number of hydrogen-bond donors (Lipinski definition) is 3. The van der Waals surface area contributed by atoms with Crippen LogP contribution in [-0.2, 0) is 0 Å². The fraction of sp³-hybridized carbons (Fsp3) is 0.389. The lowest BCUT2D eigenvalue weighted by atomic mass is 9.75. The number of nitrogens with one attached hydrogen (secondary N) is 2. The third-order valence-corrected chi connectivity index (χ3v) is 4.58. The van der Waals surface area contributed by atoms with Gasteiger partial charge in [0, 0.05) is 19.4 Å². The molecule has 8 heteroatoms. The van der Waals surface area contributed by atoms with Gasteiger partial charge in [0.25, 0.3) is 5.91 Å². The smallest absolute Gasteiger partial charge is 0.254 e. The van der Waals surface area contributed by atoms with E-state index in [-0.39, 0.29) is 23.7 Å². The van der Waals surface area contributed by atoms with Crippen molar-refractivity contribution in [3.8, 4) is 5.75 Å². The zero-order valence-electron chi connectivity index (χ0n) is 14.6. The average molecular weight is 360 g/mol. The normalized spacial score (nSPS) is 20.0. The van der Waals surface area contributed by atoms with Gasteiger partial charge >= 0.3 is 0 Å². The number of carbonyl (C=O) groups excluding carboxylic acids is 1. The zero-order chi connectivity index (χ0) is 18.7. The molecule has 138 valence electrons. The molecule has 1 aliphatic carbocycles. The van der Waals surface area contributed by atoms with Crippen LogP contribution in [0.15, 0.2) is 30.6 Å². The van der Waals surface area contributed by atoms with E-state index < -0.39 is 11.9 Å². The summed E-state index contributed by atoms with van der Waals surface area (Å²) in [6.45, 7) is 0. The molecule has 1 aromatic carbocycles. The molecule has 1 saturated carbocycles. The molecule has 1 amide bonds. The van der Waals surface area contributed by atoms with Crippen LogP contribution in [0.25, 0.3) is 0 Å². The highest BCUT2D eigenvalue weighted by Gasteiger charge is 2.36. The number of aliphatic hydroxyl groups is 1. The maximum atomic E-state index is 14.1. The number of nitrogens with zero attached hydrogens (tertiary/aromatic N) is 2. The first-order valence-corrected chi connectivity index (χ1v) is 8.34. The van der Waals surface area contributed by atoms with Crippen LogP contribution in [0.3, 0.4) is 0 Å². The number of anilines is 1. The Morgan fingerprint density at radius 2 is 2.04 bits per heavy atom. The first kappa shape index (κ1) is 18.1. The Labute approximate surface area is 150 Å². The van der Waals surface area contributed by atoms with Gasteiger partial charge in [0.2, 0.25) is 5.95 Å². The van der Waals surface area contributed by atoms with Crippen LogP contribution in [-0.4, -0.2) is 41.2 Å². The van der Waals surface area contributed by atoms with Gasteiger partial charge in [-0.15, -0.1) is 0 Å². The lowest BCUT2D eigenvalue weighted by Gasteiger charge is -2.38. The van der Waals surface area contributed by atoms with Crippen LogP contribution in [0.2, 0.25) is 0 Å². The number of aliphatic hydroxyl groups excluding tert-OH is 1. The third-order valence-electron chi connectivity index (χ3n) is 4.58. The van der Waals surface area contributed by atoms with Crippen molar-refractivity contribution in [3.63, 3.8) is 0 Å². The van der Waals surface area contributed by atoms with Crippen LogP contribution >= 0.6 is 0 Å². The molecule has 1 aliphatic rings. The summed E-state index contributed by atoms with van der Waals surface area (Å²) in [6.07, 6.45) is 3.56. The van der Waals surface area contributed by atoms with Gasteiger partial charge in [0.05, 0.1) is 24.8 Å². The Bertz CT molecular complexity index is 779. The number of carbonyl (C=O) groups is 1. The van der Waals surface area contributed by atoms with Crippen molar-refractivity contribution in [2.75, 3.05) is 19.5 Å². The van der Waals surface area contributed by atoms with Crippen molar-refractivity contribution in [1.82, 2.24) is 15.3 Å². The van der Waals surface area contributed by atoms with Crippen LogP contribution in [0.4, 0.5) is 10.3 Å². The summed E-state index contributed by atoms with van der Waals surface area (Å²) in [5.74, 6) is -0.263. The molecule has 2 aromatic rings. The van der Waals surface area contributed by atoms with Gasteiger partial charge in [0.1, 0.15) is 0 Å². The average Bonchev–Trinajstić information content (AvgIpc) is 2.63. The molecule has 3 rings (SSSR count). The lowest BCUT2D eigenvalue weighted by Crippen LogP contribution is -2.41. The standard InChI is InChI=1S/C18H21FN4O3/c1-20-18-21-8-12(9-22-18)17(25)23-16(11-5-13(24)6-11)10-3-4-15(26-2)14(19)7-10/h3-4,7-9,11,13,16,24H,5-6H2,1-2H3,(H,23,25)(H,20,21,22)/t11?,13?,16-/m1/s1. The predicted molar refractivity (Wildman–Crippen MR) is 93.5 cm³/mol. The van der Waals surface area contributed by atoms with Crippen molar-refractivity contribution in [2.24, 2.45) is 5.92 Å². The topological polar surface area (TPSA) is 96.4 Å². The largest absolute Gasteiger partial charge is 0.494 e. The molecule has 0 aliphatic heterocycles. The number of halogens is 1. The van der Waals surface area contributed by atoms with Gasteiger partial charge in [-0.2, -0.15) is 0 Å². The number of benzene rings is 1. The maximum Gasteiger partial charge on any atom is 0.254 e. The molecule has 3 N–H and O–H groups in total. The summed E-state index contributed by atoms with van der Waals surface area (Å²) in [7, 11) is 3.08. The van der Waals surface area contributed by atoms with E-state index in [0.29, 0.717) is 29.9 Å². The first-order valence-electron chi connectivity index (χ1n) is 8.34. The minimum Gasteiger partial charge on any atom is -0.494 e. The van der Waals surface area contributed by atoms with E-state index in [9.17, 15) is 14.3 Å². The van der Waals surface area contributed by atoms with Gasteiger partial charge < -0.3 is 20.5 Å². The zero-order valence-corrected chi connectivity index (χ0v) is 14.6. The molecule has 1 aromatic heterocycles. The predicted octanol–water partition coefficient (Wildman–Crippen LogP) is 1.91. The summed E-state index contributed by atoms with van der Waals surface area (Å²) < 4.78 is 19.0. The number of methoxy groups -OCH3 is 1. The van der Waals surface area contributed by atoms with E-state index in [1.54, 1.807) is 13.1 Å². The fourth-order valence-electron chi connectivity index (χ4n) is 3.05. The summed E-state index contributed by atoms with van der Waals surface area (Å²) >= 11 is 0. The van der Waals surface area contributed by atoms with Gasteiger partial charge in [-0.1, -0.05) is 6.07 Å². The van der Waals surface area contributed by atoms with Gasteiger partial charge in [-0.05, 0) is 36.5 Å². The molecular formula is C18H21FN4O3. The van der Waals surface area contributed by atoms with Crippen LogP contribution in [0, 0.1) is 11.7 Å². The minimum absolute atomic E-state index is 0.0271. The number of ether oxygens (including phenoxy) is 1.